The fourth-order valence-corrected chi connectivity index (χ4v) is 5.51. The highest BCUT2D eigenvalue weighted by Gasteiger charge is 2.56. The zero-order valence-electron chi connectivity index (χ0n) is 23.7. The van der Waals surface area contributed by atoms with Gasteiger partial charge in [-0.3, -0.25) is 0 Å². The van der Waals surface area contributed by atoms with Crippen LogP contribution in [0.1, 0.15) is 0 Å². The van der Waals surface area contributed by atoms with Crippen LogP contribution in [0, 0.1) is 0 Å². The lowest BCUT2D eigenvalue weighted by molar-refractivity contribution is -0.384. The van der Waals surface area contributed by atoms with E-state index < -0.39 is 149 Å². The van der Waals surface area contributed by atoms with Crippen LogP contribution >= 0.6 is 0 Å². The van der Waals surface area contributed by atoms with E-state index in [1.165, 1.54) is 0 Å². The van der Waals surface area contributed by atoms with E-state index in [1.807, 2.05) is 0 Å². The van der Waals surface area contributed by atoms with Gasteiger partial charge in [0.25, 0.3) is 0 Å². The largest absolute Gasteiger partial charge is 0.479 e. The van der Waals surface area contributed by atoms with Crippen LogP contribution in [0.4, 0.5) is 0 Å². The summed E-state index contributed by atoms with van der Waals surface area (Å²) in [5, 5.41) is 142. The zero-order chi connectivity index (χ0) is 34.2. The number of aliphatic hydroxyl groups is 13. The first-order valence-electron chi connectivity index (χ1n) is 14.1. The lowest BCUT2D eigenvalue weighted by atomic mass is 9.95. The predicted octanol–water partition coefficient (Wildman–Crippen LogP) is -9.66. The van der Waals surface area contributed by atoms with E-state index in [0.717, 1.165) is 0 Å². The van der Waals surface area contributed by atoms with E-state index in [4.69, 9.17) is 33.2 Å². The van der Waals surface area contributed by atoms with Crippen molar-refractivity contribution in [3.63, 3.8) is 0 Å². The minimum atomic E-state index is -2.20. The van der Waals surface area contributed by atoms with Crippen LogP contribution in [-0.2, 0) is 38.0 Å². The lowest BCUT2D eigenvalue weighted by Gasteiger charge is -2.48. The van der Waals surface area contributed by atoms with Gasteiger partial charge in [0.15, 0.2) is 31.3 Å². The first-order valence-corrected chi connectivity index (χ1v) is 14.1. The molecule has 4 heterocycles. The summed E-state index contributed by atoms with van der Waals surface area (Å²) in [6.07, 6.45) is -38.1. The molecule has 0 saturated carbocycles. The lowest BCUT2D eigenvalue weighted by Crippen LogP contribution is -2.67. The first-order chi connectivity index (χ1) is 21.7. The molecule has 4 aliphatic rings. The molecule has 22 heteroatoms. The van der Waals surface area contributed by atoms with Gasteiger partial charge in [0.2, 0.25) is 0 Å². The Bertz CT molecular complexity index is 986. The van der Waals surface area contributed by atoms with Crippen molar-refractivity contribution in [2.45, 2.75) is 123 Å². The molecule has 0 aromatic carbocycles. The number of aliphatic carboxylic acids is 1. The van der Waals surface area contributed by atoms with Gasteiger partial charge in [-0.25, -0.2) is 4.79 Å². The number of ether oxygens (including phenoxy) is 7. The van der Waals surface area contributed by atoms with Crippen molar-refractivity contribution in [1.29, 1.82) is 0 Å². The zero-order valence-corrected chi connectivity index (χ0v) is 23.7. The van der Waals surface area contributed by atoms with E-state index in [-0.39, 0.29) is 0 Å². The van der Waals surface area contributed by atoms with Crippen molar-refractivity contribution in [3.05, 3.63) is 0 Å². The Hall–Kier alpha value is -1.33. The van der Waals surface area contributed by atoms with Gasteiger partial charge in [-0.05, 0) is 0 Å². The Morgan fingerprint density at radius 2 is 0.848 bits per heavy atom. The van der Waals surface area contributed by atoms with Gasteiger partial charge in [-0.2, -0.15) is 0 Å². The Kier molecular flexibility index (Phi) is 12.6. The highest BCUT2D eigenvalue weighted by atomic mass is 16.8. The minimum Gasteiger partial charge on any atom is -0.479 e. The molecule has 0 spiro atoms. The molecule has 0 aromatic heterocycles. The van der Waals surface area contributed by atoms with Gasteiger partial charge in [0, 0.05) is 0 Å². The molecule has 22 nitrogen and oxygen atoms in total. The molecule has 4 saturated heterocycles. The summed E-state index contributed by atoms with van der Waals surface area (Å²) in [7, 11) is 0. The SMILES string of the molecule is O=C(O)[C@H]1O[C@@H](O[C@H]2[C@H](O)[C@@H](O)[C@H](O[C@H]3[C@H](O)[C@@H](O)[C@@H](O)O[C@@H]3CO)O[C@@H]2CO)[C@H](O)[C@H](O)[C@@H]1O[C@H]1O[C@H](CO)[C@H](O)[C@H](O)[C@H]1O. The Labute approximate surface area is 258 Å². The summed E-state index contributed by atoms with van der Waals surface area (Å²) in [5.74, 6) is -1.80. The standard InChI is InChI=1S/C24H40O22/c25-1-4-7(28)8(29)13(34)22(41-4)45-18-11(32)15(36)24(46-19(18)20(37)38)44-17-6(3-27)42-23(14(35)10(17)31)43-16-5(2-26)40-21(39)12(33)9(16)30/h4-19,21-36,39H,1-3H2,(H,37,38)/t4-,5-,6-,7+,8+,9-,10-,11+,12-,13-,14-,15-,16-,17-,18+,19+,21+,22-,23+,24-/m1/s1. The molecule has 268 valence electrons. The Morgan fingerprint density at radius 1 is 0.457 bits per heavy atom. The van der Waals surface area contributed by atoms with E-state index in [9.17, 15) is 76.3 Å². The summed E-state index contributed by atoms with van der Waals surface area (Å²) in [5.41, 5.74) is 0. The molecule has 0 radical (unpaired) electrons. The van der Waals surface area contributed by atoms with Crippen molar-refractivity contribution < 1.29 is 109 Å². The molecule has 0 aromatic rings. The smallest absolute Gasteiger partial charge is 0.335 e. The summed E-state index contributed by atoms with van der Waals surface area (Å²) < 4.78 is 37.0. The van der Waals surface area contributed by atoms with Crippen LogP contribution in [0.25, 0.3) is 0 Å². The Balaban J connectivity index is 1.46. The van der Waals surface area contributed by atoms with E-state index in [0.29, 0.717) is 0 Å². The third-order valence-corrected chi connectivity index (χ3v) is 8.17. The molecule has 4 rings (SSSR count). The van der Waals surface area contributed by atoms with E-state index >= 15 is 0 Å². The Morgan fingerprint density at radius 3 is 1.35 bits per heavy atom. The molecule has 4 aliphatic heterocycles. The molecule has 0 unspecified atom stereocenters. The van der Waals surface area contributed by atoms with Crippen molar-refractivity contribution >= 4 is 5.97 Å². The molecular weight excluding hydrogens is 640 g/mol. The van der Waals surface area contributed by atoms with Gasteiger partial charge in [-0.15, -0.1) is 0 Å². The van der Waals surface area contributed by atoms with Crippen LogP contribution in [0.5, 0.6) is 0 Å². The molecular formula is C24H40O22. The summed E-state index contributed by atoms with van der Waals surface area (Å²) >= 11 is 0. The van der Waals surface area contributed by atoms with Crippen LogP contribution in [0.15, 0.2) is 0 Å². The fraction of sp³-hybridized carbons (Fsp3) is 0.958. The summed E-state index contributed by atoms with van der Waals surface area (Å²) in [6.45, 7) is -2.66. The van der Waals surface area contributed by atoms with Crippen LogP contribution in [0.3, 0.4) is 0 Å². The second-order valence-electron chi connectivity index (χ2n) is 11.2. The maximum atomic E-state index is 12.1. The van der Waals surface area contributed by atoms with Crippen LogP contribution in [0.2, 0.25) is 0 Å². The summed E-state index contributed by atoms with van der Waals surface area (Å²) in [6, 6.07) is 0. The molecule has 0 bridgehead atoms. The maximum absolute atomic E-state index is 12.1. The predicted molar refractivity (Wildman–Crippen MR) is 134 cm³/mol. The number of carboxylic acids is 1. The number of hydrogen-bond acceptors (Lipinski definition) is 21. The highest BCUT2D eigenvalue weighted by Crippen LogP contribution is 2.34. The maximum Gasteiger partial charge on any atom is 0.335 e. The van der Waals surface area contributed by atoms with Gasteiger partial charge in [-0.1, -0.05) is 0 Å². The molecule has 14 N–H and O–H groups in total. The van der Waals surface area contributed by atoms with Crippen molar-refractivity contribution in [3.8, 4) is 0 Å². The van der Waals surface area contributed by atoms with Gasteiger partial charge >= 0.3 is 5.97 Å². The topological polar surface area (TPSA) is 365 Å². The number of aliphatic hydroxyl groups excluding tert-OH is 13. The number of rotatable bonds is 10. The van der Waals surface area contributed by atoms with Crippen LogP contribution < -0.4 is 0 Å². The number of carbonyl (C=O) groups is 1. The molecule has 46 heavy (non-hydrogen) atoms. The van der Waals surface area contributed by atoms with Crippen molar-refractivity contribution in [2.75, 3.05) is 19.8 Å². The van der Waals surface area contributed by atoms with Gasteiger partial charge in [0.05, 0.1) is 19.8 Å². The van der Waals surface area contributed by atoms with E-state index in [2.05, 4.69) is 0 Å². The third-order valence-electron chi connectivity index (χ3n) is 8.17. The second-order valence-corrected chi connectivity index (χ2v) is 11.2. The third kappa shape index (κ3) is 7.31. The second kappa shape index (κ2) is 15.5. The van der Waals surface area contributed by atoms with Gasteiger partial charge in [0.1, 0.15) is 91.6 Å². The molecule has 20 atom stereocenters. The number of hydrogen-bond donors (Lipinski definition) is 14. The first kappa shape index (κ1) is 37.5. The van der Waals surface area contributed by atoms with Crippen LogP contribution in [-0.4, -0.2) is 220 Å². The molecule has 0 amide bonds. The van der Waals surface area contributed by atoms with Gasteiger partial charge < -0.3 is 105 Å². The fourth-order valence-electron chi connectivity index (χ4n) is 5.51. The normalized spacial score (nSPS) is 51.9. The molecule has 0 aliphatic carbocycles. The molecule has 4 fully saturated rings. The van der Waals surface area contributed by atoms with Crippen molar-refractivity contribution in [2.24, 2.45) is 0 Å². The average Bonchev–Trinajstić information content (AvgIpc) is 3.03. The van der Waals surface area contributed by atoms with E-state index in [1.54, 1.807) is 0 Å². The average molecular weight is 681 g/mol. The van der Waals surface area contributed by atoms with Crippen molar-refractivity contribution in [1.82, 2.24) is 0 Å². The minimum absolute atomic E-state index is 0.836. The highest BCUT2D eigenvalue weighted by molar-refractivity contribution is 5.73. The number of carboxylic acid groups (broad SMARTS) is 1. The monoisotopic (exact) mass is 680 g/mol. The summed E-state index contributed by atoms with van der Waals surface area (Å²) in [4.78, 5) is 12.1. The quantitative estimate of drug-likeness (QED) is 0.102.